The van der Waals surface area contributed by atoms with Gasteiger partial charge >= 0.3 is 0 Å². The predicted octanol–water partition coefficient (Wildman–Crippen LogP) is 2.48. The SMILES string of the molecule is COc1ccccc1C=NNC(=O)c1c(C)nc2sccn12. The van der Waals surface area contributed by atoms with E-state index in [0.717, 1.165) is 10.5 Å². The molecule has 2 aromatic heterocycles. The lowest BCUT2D eigenvalue weighted by Crippen LogP contribution is -2.20. The van der Waals surface area contributed by atoms with Crippen LogP contribution in [0.15, 0.2) is 40.9 Å². The Bertz CT molecular complexity index is 850. The van der Waals surface area contributed by atoms with Gasteiger partial charge < -0.3 is 4.74 Å². The summed E-state index contributed by atoms with van der Waals surface area (Å²) in [4.78, 5) is 17.4. The summed E-state index contributed by atoms with van der Waals surface area (Å²) in [5.74, 6) is 0.399. The first-order valence-electron chi connectivity index (χ1n) is 6.59. The van der Waals surface area contributed by atoms with Crippen LogP contribution >= 0.6 is 11.3 Å². The van der Waals surface area contributed by atoms with Gasteiger partial charge in [-0.1, -0.05) is 12.1 Å². The minimum absolute atomic E-state index is 0.297. The van der Waals surface area contributed by atoms with Gasteiger partial charge in [0.15, 0.2) is 4.96 Å². The van der Waals surface area contributed by atoms with E-state index in [-0.39, 0.29) is 5.91 Å². The number of aromatic nitrogens is 2. The molecule has 0 saturated carbocycles. The van der Waals surface area contributed by atoms with Crippen LogP contribution in [0.1, 0.15) is 21.7 Å². The van der Waals surface area contributed by atoms with E-state index in [2.05, 4.69) is 15.5 Å². The number of carbonyl (C=O) groups excluding carboxylic acids is 1. The van der Waals surface area contributed by atoms with Crippen molar-refractivity contribution in [2.24, 2.45) is 5.10 Å². The van der Waals surface area contributed by atoms with Crippen molar-refractivity contribution in [3.8, 4) is 5.75 Å². The van der Waals surface area contributed by atoms with Crippen molar-refractivity contribution < 1.29 is 9.53 Å². The molecule has 6 nitrogen and oxygen atoms in total. The number of hydrogen-bond donors (Lipinski definition) is 1. The van der Waals surface area contributed by atoms with E-state index >= 15 is 0 Å². The number of benzene rings is 1. The summed E-state index contributed by atoms with van der Waals surface area (Å²) in [5.41, 5.74) is 4.49. The Morgan fingerprint density at radius 3 is 3.09 bits per heavy atom. The van der Waals surface area contributed by atoms with Gasteiger partial charge in [-0.3, -0.25) is 9.20 Å². The third kappa shape index (κ3) is 2.58. The number of carbonyl (C=O) groups is 1. The second-order valence-electron chi connectivity index (χ2n) is 4.54. The van der Waals surface area contributed by atoms with Crippen LogP contribution in [-0.4, -0.2) is 28.6 Å². The summed E-state index contributed by atoms with van der Waals surface area (Å²) in [5, 5.41) is 5.88. The smallest absolute Gasteiger partial charge is 0.290 e. The van der Waals surface area contributed by atoms with Crippen molar-refractivity contribution >= 4 is 28.4 Å². The predicted molar refractivity (Wildman–Crippen MR) is 85.9 cm³/mol. The molecule has 22 heavy (non-hydrogen) atoms. The molecule has 0 saturated heterocycles. The molecule has 0 aliphatic heterocycles. The summed E-state index contributed by atoms with van der Waals surface area (Å²) in [7, 11) is 1.59. The fourth-order valence-electron chi connectivity index (χ4n) is 2.15. The van der Waals surface area contributed by atoms with Gasteiger partial charge in [0.1, 0.15) is 11.4 Å². The molecule has 0 unspecified atom stereocenters. The summed E-state index contributed by atoms with van der Waals surface area (Å²) < 4.78 is 6.98. The Morgan fingerprint density at radius 1 is 1.45 bits per heavy atom. The van der Waals surface area contributed by atoms with E-state index in [0.29, 0.717) is 17.1 Å². The van der Waals surface area contributed by atoms with E-state index in [1.807, 2.05) is 35.8 Å². The molecule has 0 spiro atoms. The lowest BCUT2D eigenvalue weighted by molar-refractivity contribution is 0.0948. The monoisotopic (exact) mass is 314 g/mol. The van der Waals surface area contributed by atoms with Crippen LogP contribution in [-0.2, 0) is 0 Å². The molecule has 112 valence electrons. The fraction of sp³-hybridized carbons (Fsp3) is 0.133. The molecule has 1 amide bonds. The maximum absolute atomic E-state index is 12.3. The van der Waals surface area contributed by atoms with Crippen molar-refractivity contribution in [2.75, 3.05) is 7.11 Å². The number of ether oxygens (including phenoxy) is 1. The van der Waals surface area contributed by atoms with Gasteiger partial charge in [-0.2, -0.15) is 5.10 Å². The highest BCUT2D eigenvalue weighted by Gasteiger charge is 2.16. The van der Waals surface area contributed by atoms with E-state index < -0.39 is 0 Å². The summed E-state index contributed by atoms with van der Waals surface area (Å²) in [6.45, 7) is 1.80. The van der Waals surface area contributed by atoms with Gasteiger partial charge in [0, 0.05) is 17.1 Å². The zero-order valence-corrected chi connectivity index (χ0v) is 12.9. The Hall–Kier alpha value is -2.67. The van der Waals surface area contributed by atoms with Crippen molar-refractivity contribution in [2.45, 2.75) is 6.92 Å². The van der Waals surface area contributed by atoms with Crippen molar-refractivity contribution in [3.63, 3.8) is 0 Å². The fourth-order valence-corrected chi connectivity index (χ4v) is 2.91. The molecule has 0 atom stereocenters. The number of aryl methyl sites for hydroxylation is 1. The topological polar surface area (TPSA) is 68.0 Å². The molecule has 0 fully saturated rings. The second kappa shape index (κ2) is 5.98. The number of thiazole rings is 1. The Morgan fingerprint density at radius 2 is 2.27 bits per heavy atom. The Kier molecular flexibility index (Phi) is 3.88. The molecular weight excluding hydrogens is 300 g/mol. The number of nitrogens with one attached hydrogen (secondary N) is 1. The number of imidazole rings is 1. The van der Waals surface area contributed by atoms with Crippen LogP contribution in [0.5, 0.6) is 5.75 Å². The molecule has 0 bridgehead atoms. The first kappa shape index (κ1) is 14.3. The van der Waals surface area contributed by atoms with Crippen LogP contribution in [0.3, 0.4) is 0 Å². The van der Waals surface area contributed by atoms with Crippen LogP contribution in [0.25, 0.3) is 4.96 Å². The molecule has 0 radical (unpaired) electrons. The van der Waals surface area contributed by atoms with Crippen LogP contribution < -0.4 is 10.2 Å². The van der Waals surface area contributed by atoms with Gasteiger partial charge in [0.05, 0.1) is 19.0 Å². The molecule has 3 rings (SSSR count). The number of hydrogen-bond acceptors (Lipinski definition) is 5. The standard InChI is InChI=1S/C15H14N4O2S/c1-10-13(19-7-8-22-15(19)17-10)14(20)18-16-9-11-5-3-4-6-12(11)21-2/h3-9H,1-2H3,(H,18,20). The highest BCUT2D eigenvalue weighted by Crippen LogP contribution is 2.17. The highest BCUT2D eigenvalue weighted by atomic mass is 32.1. The third-order valence-corrected chi connectivity index (χ3v) is 3.92. The van der Waals surface area contributed by atoms with E-state index in [4.69, 9.17) is 4.74 Å². The van der Waals surface area contributed by atoms with Crippen LogP contribution in [0.4, 0.5) is 0 Å². The zero-order valence-electron chi connectivity index (χ0n) is 12.1. The normalized spacial score (nSPS) is 11.2. The zero-order chi connectivity index (χ0) is 15.5. The van der Waals surface area contributed by atoms with Crippen molar-refractivity contribution in [1.82, 2.24) is 14.8 Å². The van der Waals surface area contributed by atoms with E-state index in [1.165, 1.54) is 11.3 Å². The summed E-state index contributed by atoms with van der Waals surface area (Å²) in [6, 6.07) is 7.44. The molecule has 0 aliphatic rings. The molecule has 0 aliphatic carbocycles. The average Bonchev–Trinajstić information content (AvgIpc) is 3.07. The summed E-state index contributed by atoms with van der Waals surface area (Å²) in [6.07, 6.45) is 3.37. The maximum Gasteiger partial charge on any atom is 0.290 e. The quantitative estimate of drug-likeness (QED) is 0.594. The number of hydrazone groups is 1. The van der Waals surface area contributed by atoms with E-state index in [9.17, 15) is 4.79 Å². The maximum atomic E-state index is 12.3. The van der Waals surface area contributed by atoms with Crippen LogP contribution in [0, 0.1) is 6.92 Å². The van der Waals surface area contributed by atoms with E-state index in [1.54, 1.807) is 24.6 Å². The van der Waals surface area contributed by atoms with Crippen LogP contribution in [0.2, 0.25) is 0 Å². The van der Waals surface area contributed by atoms with Gasteiger partial charge in [0.25, 0.3) is 5.91 Å². The highest BCUT2D eigenvalue weighted by molar-refractivity contribution is 7.15. The molecule has 3 aromatic rings. The molecule has 1 N–H and O–H groups in total. The Labute approximate surface area is 131 Å². The number of methoxy groups -OCH3 is 1. The third-order valence-electron chi connectivity index (χ3n) is 3.16. The first-order valence-corrected chi connectivity index (χ1v) is 7.47. The second-order valence-corrected chi connectivity index (χ2v) is 5.42. The van der Waals surface area contributed by atoms with Gasteiger partial charge in [0.2, 0.25) is 0 Å². The first-order chi connectivity index (χ1) is 10.7. The van der Waals surface area contributed by atoms with Crippen molar-refractivity contribution in [1.29, 1.82) is 0 Å². The molecule has 7 heteroatoms. The number of fused-ring (bicyclic) bond motifs is 1. The number of amides is 1. The average molecular weight is 314 g/mol. The Balaban J connectivity index is 1.79. The number of para-hydroxylation sites is 1. The largest absolute Gasteiger partial charge is 0.496 e. The summed E-state index contributed by atoms with van der Waals surface area (Å²) >= 11 is 1.48. The lowest BCUT2D eigenvalue weighted by atomic mass is 10.2. The lowest BCUT2D eigenvalue weighted by Gasteiger charge is -2.03. The minimum atomic E-state index is -0.297. The number of rotatable bonds is 4. The van der Waals surface area contributed by atoms with Crippen molar-refractivity contribution in [3.05, 3.63) is 52.8 Å². The molecule has 2 heterocycles. The van der Waals surface area contributed by atoms with Gasteiger partial charge in [-0.25, -0.2) is 10.4 Å². The number of nitrogens with zero attached hydrogens (tertiary/aromatic N) is 3. The minimum Gasteiger partial charge on any atom is -0.496 e. The molecule has 1 aromatic carbocycles. The van der Waals surface area contributed by atoms with Gasteiger partial charge in [-0.15, -0.1) is 11.3 Å². The van der Waals surface area contributed by atoms with Gasteiger partial charge in [-0.05, 0) is 19.1 Å². The molecular formula is C15H14N4O2S.